The van der Waals surface area contributed by atoms with Gasteiger partial charge in [-0.15, -0.1) is 5.10 Å². The van der Waals surface area contributed by atoms with Crippen molar-refractivity contribution in [2.24, 2.45) is 0 Å². The van der Waals surface area contributed by atoms with Gasteiger partial charge in [0.2, 0.25) is 0 Å². The number of carbonyl (C=O) groups is 1. The number of methoxy groups -OCH3 is 1. The molecule has 2 heterocycles. The van der Waals surface area contributed by atoms with Gasteiger partial charge < -0.3 is 14.6 Å². The van der Waals surface area contributed by atoms with Crippen molar-refractivity contribution in [1.29, 1.82) is 0 Å². The van der Waals surface area contributed by atoms with E-state index in [1.54, 1.807) is 24.8 Å². The Labute approximate surface area is 141 Å². The van der Waals surface area contributed by atoms with Gasteiger partial charge in [-0.05, 0) is 18.6 Å². The molecule has 124 valence electrons. The standard InChI is InChI=1S/C15H15N5O3S/c1-3-11(15(21)22)24-14-12-13(16-8-17-14)20(19-18-12)9-5-4-6-10(7-9)23-2/h4-8,11H,3H2,1-2H3,(H,21,22)/p-1/t11-/m0/s1. The SMILES string of the molecule is CC[C@H](Sc1ncnc2c1nnn2-c1cccc(OC)c1)C(=O)[O-]. The van der Waals surface area contributed by atoms with Crippen molar-refractivity contribution < 1.29 is 14.6 Å². The lowest BCUT2D eigenvalue weighted by molar-refractivity contribution is -0.304. The van der Waals surface area contributed by atoms with Crippen LogP contribution in [0.5, 0.6) is 5.75 Å². The molecule has 0 amide bonds. The fourth-order valence-corrected chi connectivity index (χ4v) is 3.05. The number of rotatable bonds is 6. The van der Waals surface area contributed by atoms with E-state index in [1.807, 2.05) is 18.2 Å². The van der Waals surface area contributed by atoms with E-state index in [4.69, 9.17) is 4.74 Å². The predicted octanol–water partition coefficient (Wildman–Crippen LogP) is 0.840. The van der Waals surface area contributed by atoms with Crippen molar-refractivity contribution in [3.63, 3.8) is 0 Å². The van der Waals surface area contributed by atoms with Gasteiger partial charge in [0.15, 0.2) is 11.2 Å². The summed E-state index contributed by atoms with van der Waals surface area (Å²) in [4.78, 5) is 19.5. The third-order valence-corrected chi connectivity index (χ3v) is 4.72. The molecule has 9 heteroatoms. The Morgan fingerprint density at radius 3 is 2.96 bits per heavy atom. The zero-order chi connectivity index (χ0) is 17.1. The first-order chi connectivity index (χ1) is 11.6. The minimum absolute atomic E-state index is 0.419. The molecule has 0 N–H and O–H groups in total. The van der Waals surface area contributed by atoms with Crippen LogP contribution in [0, 0.1) is 0 Å². The van der Waals surface area contributed by atoms with Gasteiger partial charge in [0.05, 0.1) is 24.0 Å². The molecule has 0 unspecified atom stereocenters. The zero-order valence-electron chi connectivity index (χ0n) is 13.0. The van der Waals surface area contributed by atoms with E-state index in [0.717, 1.165) is 17.4 Å². The van der Waals surface area contributed by atoms with Crippen LogP contribution in [-0.2, 0) is 4.79 Å². The summed E-state index contributed by atoms with van der Waals surface area (Å²) in [6, 6.07) is 7.31. The molecule has 1 atom stereocenters. The summed E-state index contributed by atoms with van der Waals surface area (Å²) in [5.74, 6) is -0.447. The van der Waals surface area contributed by atoms with E-state index in [0.29, 0.717) is 28.4 Å². The van der Waals surface area contributed by atoms with E-state index < -0.39 is 11.2 Å². The molecule has 24 heavy (non-hydrogen) atoms. The Balaban J connectivity index is 2.04. The lowest BCUT2D eigenvalue weighted by Gasteiger charge is -2.14. The van der Waals surface area contributed by atoms with Crippen molar-refractivity contribution in [3.8, 4) is 11.4 Å². The third kappa shape index (κ3) is 3.02. The lowest BCUT2D eigenvalue weighted by atomic mass is 10.3. The Morgan fingerprint density at radius 1 is 1.42 bits per heavy atom. The van der Waals surface area contributed by atoms with Gasteiger partial charge >= 0.3 is 0 Å². The quantitative estimate of drug-likeness (QED) is 0.478. The van der Waals surface area contributed by atoms with E-state index in [1.165, 1.54) is 6.33 Å². The second-order valence-corrected chi connectivity index (χ2v) is 6.08. The minimum Gasteiger partial charge on any atom is -0.549 e. The third-order valence-electron chi connectivity index (χ3n) is 3.39. The molecule has 2 aromatic heterocycles. The second kappa shape index (κ2) is 6.83. The van der Waals surface area contributed by atoms with Gasteiger partial charge in [-0.3, -0.25) is 0 Å². The van der Waals surface area contributed by atoms with Gasteiger partial charge in [0, 0.05) is 6.07 Å². The highest BCUT2D eigenvalue weighted by atomic mass is 32.2. The van der Waals surface area contributed by atoms with Crippen molar-refractivity contribution in [1.82, 2.24) is 25.0 Å². The molecule has 0 aliphatic carbocycles. The van der Waals surface area contributed by atoms with Crippen LogP contribution in [0.4, 0.5) is 0 Å². The van der Waals surface area contributed by atoms with Crippen molar-refractivity contribution >= 4 is 28.9 Å². The molecule has 3 aromatic rings. The number of thioether (sulfide) groups is 1. The molecule has 0 spiro atoms. The molecule has 3 rings (SSSR count). The number of aromatic nitrogens is 5. The first kappa shape index (κ1) is 16.2. The summed E-state index contributed by atoms with van der Waals surface area (Å²) >= 11 is 1.09. The normalized spacial score (nSPS) is 12.2. The first-order valence-electron chi connectivity index (χ1n) is 7.22. The molecular weight excluding hydrogens is 330 g/mol. The smallest absolute Gasteiger partial charge is 0.187 e. The number of benzene rings is 1. The Morgan fingerprint density at radius 2 is 2.25 bits per heavy atom. The van der Waals surface area contributed by atoms with E-state index in [9.17, 15) is 9.90 Å². The molecule has 0 radical (unpaired) electrons. The Kier molecular flexibility index (Phi) is 4.61. The summed E-state index contributed by atoms with van der Waals surface area (Å²) in [5, 5.41) is 19.1. The number of ether oxygens (including phenoxy) is 1. The van der Waals surface area contributed by atoms with Gasteiger partial charge in [0.1, 0.15) is 17.1 Å². The molecular formula is C15H14N5O3S-. The maximum absolute atomic E-state index is 11.1. The largest absolute Gasteiger partial charge is 0.549 e. The Hall–Kier alpha value is -2.68. The number of aliphatic carboxylic acids is 1. The number of hydrogen-bond donors (Lipinski definition) is 0. The van der Waals surface area contributed by atoms with E-state index in [2.05, 4.69) is 20.3 Å². The van der Waals surface area contributed by atoms with Crippen LogP contribution in [0.25, 0.3) is 16.9 Å². The molecule has 0 saturated carbocycles. The molecule has 1 aromatic carbocycles. The highest BCUT2D eigenvalue weighted by Gasteiger charge is 2.17. The number of fused-ring (bicyclic) bond motifs is 1. The molecule has 0 saturated heterocycles. The van der Waals surface area contributed by atoms with Crippen molar-refractivity contribution in [3.05, 3.63) is 30.6 Å². The number of carboxylic acid groups (broad SMARTS) is 1. The summed E-state index contributed by atoms with van der Waals surface area (Å²) < 4.78 is 6.77. The fraction of sp³-hybridized carbons (Fsp3) is 0.267. The van der Waals surface area contributed by atoms with Gasteiger partial charge in [-0.2, -0.15) is 4.68 Å². The van der Waals surface area contributed by atoms with Crippen molar-refractivity contribution in [2.45, 2.75) is 23.6 Å². The molecule has 0 aliphatic rings. The summed E-state index contributed by atoms with van der Waals surface area (Å²) in [6.45, 7) is 1.78. The minimum atomic E-state index is -1.13. The highest BCUT2D eigenvalue weighted by molar-refractivity contribution is 8.00. The van der Waals surface area contributed by atoms with Crippen LogP contribution in [0.2, 0.25) is 0 Å². The number of carboxylic acids is 1. The summed E-state index contributed by atoms with van der Waals surface area (Å²) in [5.41, 5.74) is 1.68. The highest BCUT2D eigenvalue weighted by Crippen LogP contribution is 2.29. The average molecular weight is 344 g/mol. The van der Waals surface area contributed by atoms with Crippen LogP contribution < -0.4 is 9.84 Å². The van der Waals surface area contributed by atoms with E-state index in [-0.39, 0.29) is 0 Å². The van der Waals surface area contributed by atoms with Crippen LogP contribution in [0.1, 0.15) is 13.3 Å². The maximum atomic E-state index is 11.1. The van der Waals surface area contributed by atoms with Crippen LogP contribution >= 0.6 is 11.8 Å². The number of nitrogens with zero attached hydrogens (tertiary/aromatic N) is 5. The van der Waals surface area contributed by atoms with Crippen LogP contribution in [0.3, 0.4) is 0 Å². The monoisotopic (exact) mass is 344 g/mol. The predicted molar refractivity (Wildman–Crippen MR) is 86.0 cm³/mol. The fourth-order valence-electron chi connectivity index (χ4n) is 2.16. The summed E-state index contributed by atoms with van der Waals surface area (Å²) in [6.07, 6.45) is 1.79. The number of carbonyl (C=O) groups excluding carboxylic acids is 1. The average Bonchev–Trinajstić information content (AvgIpc) is 3.04. The van der Waals surface area contributed by atoms with Crippen LogP contribution in [0.15, 0.2) is 35.6 Å². The molecule has 0 bridgehead atoms. The second-order valence-electron chi connectivity index (χ2n) is 4.89. The first-order valence-corrected chi connectivity index (χ1v) is 8.10. The maximum Gasteiger partial charge on any atom is 0.187 e. The molecule has 0 fully saturated rings. The molecule has 8 nitrogen and oxygen atoms in total. The van der Waals surface area contributed by atoms with Gasteiger partial charge in [-0.1, -0.05) is 30.0 Å². The zero-order valence-corrected chi connectivity index (χ0v) is 13.9. The van der Waals surface area contributed by atoms with Gasteiger partial charge in [-0.25, -0.2) is 9.97 Å². The topological polar surface area (TPSA) is 106 Å². The lowest BCUT2D eigenvalue weighted by Crippen LogP contribution is -2.33. The molecule has 0 aliphatic heterocycles. The summed E-state index contributed by atoms with van der Waals surface area (Å²) in [7, 11) is 1.58. The van der Waals surface area contributed by atoms with E-state index >= 15 is 0 Å². The van der Waals surface area contributed by atoms with Crippen LogP contribution in [-0.4, -0.2) is 43.3 Å². The van der Waals surface area contributed by atoms with Gasteiger partial charge in [0.25, 0.3) is 0 Å². The Bertz CT molecular complexity index is 882. The number of hydrogen-bond acceptors (Lipinski definition) is 8. The van der Waals surface area contributed by atoms with Crippen molar-refractivity contribution in [2.75, 3.05) is 7.11 Å².